The van der Waals surface area contributed by atoms with Crippen molar-refractivity contribution in [2.45, 2.75) is 32.6 Å². The minimum absolute atomic E-state index is 0.575. The van der Waals surface area contributed by atoms with Crippen molar-refractivity contribution < 1.29 is 9.90 Å². The molecule has 1 heterocycles. The van der Waals surface area contributed by atoms with E-state index in [-0.39, 0.29) is 0 Å². The molecule has 4 nitrogen and oxygen atoms in total. The van der Waals surface area contributed by atoms with E-state index in [2.05, 4.69) is 10.2 Å². The molecule has 4 heteroatoms. The Morgan fingerprint density at radius 2 is 1.94 bits per heavy atom. The number of aliphatic carboxylic acids is 1. The molecule has 0 spiro atoms. The Hall–Kier alpha value is -1.97. The van der Waals surface area contributed by atoms with Crippen LogP contribution in [0.3, 0.4) is 0 Å². The van der Waals surface area contributed by atoms with Crippen LogP contribution in [0.4, 0.5) is 0 Å². The first kappa shape index (κ1) is 12.5. The summed E-state index contributed by atoms with van der Waals surface area (Å²) in [6, 6.07) is 7.69. The van der Waals surface area contributed by atoms with E-state index >= 15 is 0 Å². The lowest BCUT2D eigenvalue weighted by Gasteiger charge is -2.13. The van der Waals surface area contributed by atoms with Crippen molar-refractivity contribution in [3.8, 4) is 0 Å². The summed E-state index contributed by atoms with van der Waals surface area (Å²) in [5, 5.41) is 19.4. The molecule has 2 aromatic rings. The molecule has 1 aromatic heterocycles. The molecule has 0 radical (unpaired) electrons. The van der Waals surface area contributed by atoms with Crippen molar-refractivity contribution in [2.75, 3.05) is 0 Å². The highest BCUT2D eigenvalue weighted by Crippen LogP contribution is 2.27. The molecule has 0 amide bonds. The van der Waals surface area contributed by atoms with Gasteiger partial charge in [-0.2, -0.15) is 10.2 Å². The predicted octanol–water partition coefficient (Wildman–Crippen LogP) is 2.91. The molecular formula is C14H16N2O2. The lowest BCUT2D eigenvalue weighted by molar-refractivity contribution is -0.139. The zero-order chi connectivity index (χ0) is 13.1. The predicted molar refractivity (Wildman–Crippen MR) is 69.6 cm³/mol. The van der Waals surface area contributed by atoms with Crippen molar-refractivity contribution in [2.24, 2.45) is 0 Å². The van der Waals surface area contributed by atoms with E-state index in [1.807, 2.05) is 38.1 Å². The van der Waals surface area contributed by atoms with Crippen molar-refractivity contribution in [3.63, 3.8) is 0 Å². The fraction of sp³-hybridized carbons (Fsp3) is 0.357. The molecule has 0 saturated heterocycles. The number of fused-ring (bicyclic) bond motifs is 1. The third-order valence-electron chi connectivity index (χ3n) is 3.11. The Balaban J connectivity index is 2.63. The monoisotopic (exact) mass is 244 g/mol. The fourth-order valence-electron chi connectivity index (χ4n) is 2.18. The lowest BCUT2D eigenvalue weighted by Crippen LogP contribution is -2.14. The fourth-order valence-corrected chi connectivity index (χ4v) is 2.18. The smallest absolute Gasteiger partial charge is 0.312 e. The summed E-state index contributed by atoms with van der Waals surface area (Å²) in [7, 11) is 0. The molecule has 94 valence electrons. The summed E-state index contributed by atoms with van der Waals surface area (Å²) >= 11 is 0. The van der Waals surface area contributed by atoms with E-state index in [0.29, 0.717) is 12.1 Å². The van der Waals surface area contributed by atoms with Crippen LogP contribution in [0, 0.1) is 6.92 Å². The van der Waals surface area contributed by atoms with Gasteiger partial charge in [0.25, 0.3) is 0 Å². The normalized spacial score (nSPS) is 12.6. The molecule has 0 aliphatic heterocycles. The third-order valence-corrected chi connectivity index (χ3v) is 3.11. The average molecular weight is 244 g/mol. The molecule has 1 atom stereocenters. The Morgan fingerprint density at radius 1 is 1.28 bits per heavy atom. The maximum atomic E-state index is 11.4. The van der Waals surface area contributed by atoms with Gasteiger partial charge in [-0.15, -0.1) is 0 Å². The van der Waals surface area contributed by atoms with Gasteiger partial charge in [-0.25, -0.2) is 0 Å². The van der Waals surface area contributed by atoms with Gasteiger partial charge in [0, 0.05) is 10.8 Å². The van der Waals surface area contributed by atoms with E-state index in [9.17, 15) is 9.90 Å². The Labute approximate surface area is 106 Å². The van der Waals surface area contributed by atoms with Crippen LogP contribution in [-0.2, 0) is 4.79 Å². The van der Waals surface area contributed by atoms with Gasteiger partial charge in [0.2, 0.25) is 0 Å². The summed E-state index contributed by atoms with van der Waals surface area (Å²) < 4.78 is 0. The summed E-state index contributed by atoms with van der Waals surface area (Å²) in [4.78, 5) is 11.4. The van der Waals surface area contributed by atoms with Gasteiger partial charge in [-0.05, 0) is 13.3 Å². The lowest BCUT2D eigenvalue weighted by atomic mass is 9.95. The minimum Gasteiger partial charge on any atom is -0.481 e. The number of aryl methyl sites for hydroxylation is 1. The highest BCUT2D eigenvalue weighted by Gasteiger charge is 2.23. The number of nitrogens with zero attached hydrogens (tertiary/aromatic N) is 2. The first-order chi connectivity index (χ1) is 8.65. The number of rotatable bonds is 4. The average Bonchev–Trinajstić information content (AvgIpc) is 2.37. The van der Waals surface area contributed by atoms with Crippen molar-refractivity contribution in [1.82, 2.24) is 10.2 Å². The first-order valence-electron chi connectivity index (χ1n) is 6.10. The summed E-state index contributed by atoms with van der Waals surface area (Å²) in [6.45, 7) is 3.86. The topological polar surface area (TPSA) is 63.1 Å². The number of hydrogen-bond donors (Lipinski definition) is 1. The third kappa shape index (κ3) is 2.18. The zero-order valence-corrected chi connectivity index (χ0v) is 10.6. The summed E-state index contributed by atoms with van der Waals surface area (Å²) in [6.07, 6.45) is 1.39. The molecule has 1 aromatic carbocycles. The van der Waals surface area contributed by atoms with Gasteiger partial charge in [-0.1, -0.05) is 37.6 Å². The van der Waals surface area contributed by atoms with Crippen LogP contribution >= 0.6 is 0 Å². The minimum atomic E-state index is -0.833. The summed E-state index contributed by atoms with van der Waals surface area (Å²) in [5.74, 6) is -1.41. The largest absolute Gasteiger partial charge is 0.481 e. The number of carboxylic acid groups (broad SMARTS) is 1. The quantitative estimate of drug-likeness (QED) is 0.898. The molecule has 18 heavy (non-hydrogen) atoms. The van der Waals surface area contributed by atoms with Gasteiger partial charge in [0.1, 0.15) is 5.92 Å². The van der Waals surface area contributed by atoms with Gasteiger partial charge in [0.15, 0.2) is 0 Å². The van der Waals surface area contributed by atoms with Crippen molar-refractivity contribution in [3.05, 3.63) is 35.7 Å². The van der Waals surface area contributed by atoms with Gasteiger partial charge >= 0.3 is 5.97 Å². The van der Waals surface area contributed by atoms with Crippen LogP contribution in [0.2, 0.25) is 0 Å². The number of carbonyl (C=O) groups is 1. The number of benzene rings is 1. The Morgan fingerprint density at radius 3 is 2.56 bits per heavy atom. The second-order valence-electron chi connectivity index (χ2n) is 4.40. The second kappa shape index (κ2) is 5.12. The van der Waals surface area contributed by atoms with Crippen LogP contribution in [0.25, 0.3) is 10.8 Å². The van der Waals surface area contributed by atoms with Gasteiger partial charge in [-0.3, -0.25) is 4.79 Å². The van der Waals surface area contributed by atoms with E-state index in [0.717, 1.165) is 22.9 Å². The van der Waals surface area contributed by atoms with E-state index in [4.69, 9.17) is 0 Å². The molecule has 2 rings (SSSR count). The molecule has 0 bridgehead atoms. The molecule has 0 saturated carbocycles. The Bertz CT molecular complexity index is 581. The van der Waals surface area contributed by atoms with E-state index in [1.165, 1.54) is 0 Å². The van der Waals surface area contributed by atoms with Crippen LogP contribution < -0.4 is 0 Å². The van der Waals surface area contributed by atoms with Crippen LogP contribution in [0.5, 0.6) is 0 Å². The molecular weight excluding hydrogens is 228 g/mol. The van der Waals surface area contributed by atoms with Crippen LogP contribution in [-0.4, -0.2) is 21.3 Å². The van der Waals surface area contributed by atoms with Crippen molar-refractivity contribution in [1.29, 1.82) is 0 Å². The zero-order valence-electron chi connectivity index (χ0n) is 10.6. The van der Waals surface area contributed by atoms with Crippen LogP contribution in [0.15, 0.2) is 24.3 Å². The molecule has 0 aliphatic carbocycles. The molecule has 0 aliphatic rings. The highest BCUT2D eigenvalue weighted by molar-refractivity contribution is 5.90. The van der Waals surface area contributed by atoms with Crippen LogP contribution in [0.1, 0.15) is 37.1 Å². The second-order valence-corrected chi connectivity index (χ2v) is 4.40. The maximum absolute atomic E-state index is 11.4. The number of carboxylic acids is 1. The van der Waals surface area contributed by atoms with Crippen molar-refractivity contribution >= 4 is 16.7 Å². The van der Waals surface area contributed by atoms with E-state index in [1.54, 1.807) is 0 Å². The van der Waals surface area contributed by atoms with Gasteiger partial charge < -0.3 is 5.11 Å². The Kier molecular flexibility index (Phi) is 3.55. The molecule has 1 N–H and O–H groups in total. The molecule has 0 fully saturated rings. The standard InChI is InChI=1S/C14H16N2O2/c1-3-6-12(14(17)18)13-11-8-5-4-7-10(11)9(2)15-16-13/h4-5,7-8,12H,3,6H2,1-2H3,(H,17,18). The first-order valence-corrected chi connectivity index (χ1v) is 6.10. The van der Waals surface area contributed by atoms with Gasteiger partial charge in [0.05, 0.1) is 11.4 Å². The molecule has 1 unspecified atom stereocenters. The van der Waals surface area contributed by atoms with E-state index < -0.39 is 11.9 Å². The summed E-state index contributed by atoms with van der Waals surface area (Å²) in [5.41, 5.74) is 1.40. The SMILES string of the molecule is CCCC(C(=O)O)c1nnc(C)c2ccccc12. The maximum Gasteiger partial charge on any atom is 0.312 e. The highest BCUT2D eigenvalue weighted by atomic mass is 16.4. The number of hydrogen-bond acceptors (Lipinski definition) is 3. The number of aromatic nitrogens is 2.